The molecule has 0 bridgehead atoms. The van der Waals surface area contributed by atoms with Crippen LogP contribution in [-0.2, 0) is 0 Å². The van der Waals surface area contributed by atoms with E-state index >= 15 is 0 Å². The monoisotopic (exact) mass is 353 g/mol. The van der Waals surface area contributed by atoms with Gasteiger partial charge in [-0.2, -0.15) is 0 Å². The van der Waals surface area contributed by atoms with Crippen molar-refractivity contribution in [3.63, 3.8) is 0 Å². The van der Waals surface area contributed by atoms with Gasteiger partial charge in [0.1, 0.15) is 5.75 Å². The zero-order chi connectivity index (χ0) is 18.5. The summed E-state index contributed by atoms with van der Waals surface area (Å²) in [5, 5.41) is 5.68. The molecule has 0 aliphatic carbocycles. The summed E-state index contributed by atoms with van der Waals surface area (Å²) in [4.78, 5) is 26.0. The van der Waals surface area contributed by atoms with E-state index in [0.717, 1.165) is 23.4 Å². The van der Waals surface area contributed by atoms with Gasteiger partial charge in [-0.3, -0.25) is 9.69 Å². The number of carbonyl (C=O) groups excluding carboxylic acids is 2. The summed E-state index contributed by atoms with van der Waals surface area (Å²) in [6.07, 6.45) is 0.947. The van der Waals surface area contributed by atoms with Crippen LogP contribution in [0.25, 0.3) is 0 Å². The number of rotatable bonds is 6. The minimum absolute atomic E-state index is 0.138. The third kappa shape index (κ3) is 3.96. The molecule has 1 aliphatic rings. The van der Waals surface area contributed by atoms with Crippen molar-refractivity contribution in [1.82, 2.24) is 5.32 Å². The molecule has 0 aromatic heterocycles. The number of aryl methyl sites for hydroxylation is 1. The van der Waals surface area contributed by atoms with E-state index in [0.29, 0.717) is 30.9 Å². The Hall–Kier alpha value is -3.02. The van der Waals surface area contributed by atoms with E-state index < -0.39 is 0 Å². The summed E-state index contributed by atoms with van der Waals surface area (Å²) in [5.74, 6) is 0.584. The molecule has 2 aromatic rings. The number of hydrogen-bond donors (Lipinski definition) is 2. The maximum Gasteiger partial charge on any atom is 0.321 e. The van der Waals surface area contributed by atoms with E-state index in [-0.39, 0.29) is 11.9 Å². The molecule has 26 heavy (non-hydrogen) atoms. The van der Waals surface area contributed by atoms with Crippen LogP contribution in [0.3, 0.4) is 0 Å². The summed E-state index contributed by atoms with van der Waals surface area (Å²) in [6.45, 7) is 5.87. The van der Waals surface area contributed by atoms with Crippen molar-refractivity contribution in [2.75, 3.05) is 29.9 Å². The second-order valence-electron chi connectivity index (χ2n) is 6.21. The second-order valence-corrected chi connectivity index (χ2v) is 6.21. The molecule has 0 radical (unpaired) electrons. The molecular weight excluding hydrogens is 330 g/mol. The fourth-order valence-electron chi connectivity index (χ4n) is 2.81. The Labute approximate surface area is 153 Å². The van der Waals surface area contributed by atoms with Crippen LogP contribution >= 0.6 is 0 Å². The van der Waals surface area contributed by atoms with Crippen LogP contribution in [0, 0.1) is 6.92 Å². The van der Waals surface area contributed by atoms with Crippen LogP contribution < -0.4 is 20.3 Å². The van der Waals surface area contributed by atoms with Crippen molar-refractivity contribution in [1.29, 1.82) is 0 Å². The molecule has 6 nitrogen and oxygen atoms in total. The van der Waals surface area contributed by atoms with E-state index in [9.17, 15) is 9.59 Å². The van der Waals surface area contributed by atoms with Crippen LogP contribution in [0.2, 0.25) is 0 Å². The predicted octanol–water partition coefficient (Wildman–Crippen LogP) is 3.57. The number of carbonyl (C=O) groups is 2. The molecule has 0 atom stereocenters. The van der Waals surface area contributed by atoms with Crippen molar-refractivity contribution < 1.29 is 14.3 Å². The van der Waals surface area contributed by atoms with Gasteiger partial charge in [-0.25, -0.2) is 4.79 Å². The number of nitrogens with zero attached hydrogens (tertiary/aromatic N) is 1. The third-order valence-electron chi connectivity index (χ3n) is 4.20. The zero-order valence-electron chi connectivity index (χ0n) is 15.0. The summed E-state index contributed by atoms with van der Waals surface area (Å²) in [6, 6.07) is 12.5. The van der Waals surface area contributed by atoms with E-state index in [1.807, 2.05) is 31.2 Å². The SMILES string of the molecule is CCCOc1ccc(NC(=O)c2cccc(N3CCNC3=O)c2)c(C)c1. The standard InChI is InChI=1S/C20H23N3O3/c1-3-11-26-17-7-8-18(14(2)12-17)22-19(24)15-5-4-6-16(13-15)23-10-9-21-20(23)25/h4-8,12-13H,3,9-11H2,1-2H3,(H,21,25)(H,22,24). The number of nitrogens with one attached hydrogen (secondary N) is 2. The molecule has 2 N–H and O–H groups in total. The molecule has 0 unspecified atom stereocenters. The zero-order valence-corrected chi connectivity index (χ0v) is 15.0. The van der Waals surface area contributed by atoms with Gasteiger partial charge in [-0.15, -0.1) is 0 Å². The molecule has 0 spiro atoms. The predicted molar refractivity (Wildman–Crippen MR) is 102 cm³/mol. The van der Waals surface area contributed by atoms with Crippen molar-refractivity contribution >= 4 is 23.3 Å². The van der Waals surface area contributed by atoms with Crippen molar-refractivity contribution in [2.45, 2.75) is 20.3 Å². The molecular formula is C20H23N3O3. The van der Waals surface area contributed by atoms with Crippen molar-refractivity contribution in [2.24, 2.45) is 0 Å². The minimum Gasteiger partial charge on any atom is -0.494 e. The van der Waals surface area contributed by atoms with E-state index in [4.69, 9.17) is 4.74 Å². The Morgan fingerprint density at radius 3 is 2.81 bits per heavy atom. The van der Waals surface area contributed by atoms with Gasteiger partial charge in [0.2, 0.25) is 0 Å². The Morgan fingerprint density at radius 2 is 2.12 bits per heavy atom. The van der Waals surface area contributed by atoms with Gasteiger partial charge in [0, 0.05) is 30.0 Å². The second kappa shape index (κ2) is 7.91. The van der Waals surface area contributed by atoms with Crippen LogP contribution in [0.1, 0.15) is 29.3 Å². The maximum atomic E-state index is 12.6. The Bertz CT molecular complexity index is 820. The number of amides is 3. The maximum absolute atomic E-state index is 12.6. The summed E-state index contributed by atoms with van der Waals surface area (Å²) < 4.78 is 5.61. The molecule has 2 aromatic carbocycles. The van der Waals surface area contributed by atoms with Gasteiger partial charge in [0.25, 0.3) is 5.91 Å². The van der Waals surface area contributed by atoms with Crippen LogP contribution in [-0.4, -0.2) is 31.6 Å². The first-order chi connectivity index (χ1) is 12.6. The molecule has 0 saturated carbocycles. The van der Waals surface area contributed by atoms with Gasteiger partial charge in [0.05, 0.1) is 6.61 Å². The smallest absolute Gasteiger partial charge is 0.321 e. The molecule has 3 rings (SSSR count). The van der Waals surface area contributed by atoms with E-state index in [2.05, 4.69) is 17.6 Å². The van der Waals surface area contributed by atoms with Crippen LogP contribution in [0.4, 0.5) is 16.2 Å². The molecule has 1 fully saturated rings. The highest BCUT2D eigenvalue weighted by Crippen LogP contribution is 2.23. The van der Waals surface area contributed by atoms with Gasteiger partial charge >= 0.3 is 6.03 Å². The van der Waals surface area contributed by atoms with Crippen molar-refractivity contribution in [3.8, 4) is 5.75 Å². The highest BCUT2D eigenvalue weighted by Gasteiger charge is 2.21. The number of benzene rings is 2. The first-order valence-electron chi connectivity index (χ1n) is 8.78. The lowest BCUT2D eigenvalue weighted by Gasteiger charge is -2.15. The number of urea groups is 1. The largest absolute Gasteiger partial charge is 0.494 e. The first kappa shape index (κ1) is 17.8. The Morgan fingerprint density at radius 1 is 1.27 bits per heavy atom. The number of hydrogen-bond acceptors (Lipinski definition) is 3. The van der Waals surface area contributed by atoms with Gasteiger partial charge in [0.15, 0.2) is 0 Å². The van der Waals surface area contributed by atoms with Crippen LogP contribution in [0.15, 0.2) is 42.5 Å². The molecule has 1 saturated heterocycles. The average Bonchev–Trinajstić information content (AvgIpc) is 3.08. The van der Waals surface area contributed by atoms with Crippen molar-refractivity contribution in [3.05, 3.63) is 53.6 Å². The van der Waals surface area contributed by atoms with Gasteiger partial charge in [-0.05, 0) is 55.3 Å². The van der Waals surface area contributed by atoms with Gasteiger partial charge in [-0.1, -0.05) is 13.0 Å². The highest BCUT2D eigenvalue weighted by atomic mass is 16.5. The fraction of sp³-hybridized carbons (Fsp3) is 0.300. The average molecular weight is 353 g/mol. The van der Waals surface area contributed by atoms with E-state index in [1.165, 1.54) is 0 Å². The normalized spacial score (nSPS) is 13.5. The highest BCUT2D eigenvalue weighted by molar-refractivity contribution is 6.06. The summed E-state index contributed by atoms with van der Waals surface area (Å²) in [5.41, 5.74) is 2.89. The molecule has 1 heterocycles. The molecule has 136 valence electrons. The quantitative estimate of drug-likeness (QED) is 0.834. The fourth-order valence-corrected chi connectivity index (χ4v) is 2.81. The lowest BCUT2D eigenvalue weighted by Crippen LogP contribution is -2.27. The lowest BCUT2D eigenvalue weighted by atomic mass is 10.1. The first-order valence-corrected chi connectivity index (χ1v) is 8.78. The lowest BCUT2D eigenvalue weighted by molar-refractivity contribution is 0.102. The summed E-state index contributed by atoms with van der Waals surface area (Å²) >= 11 is 0. The van der Waals surface area contributed by atoms with Crippen LogP contribution in [0.5, 0.6) is 5.75 Å². The van der Waals surface area contributed by atoms with E-state index in [1.54, 1.807) is 23.1 Å². The third-order valence-corrected chi connectivity index (χ3v) is 4.20. The molecule has 3 amide bonds. The van der Waals surface area contributed by atoms with Gasteiger partial charge < -0.3 is 15.4 Å². The molecule has 1 aliphatic heterocycles. The Balaban J connectivity index is 1.73. The number of anilines is 2. The molecule has 6 heteroatoms. The summed E-state index contributed by atoms with van der Waals surface area (Å²) in [7, 11) is 0. The number of ether oxygens (including phenoxy) is 1. The topological polar surface area (TPSA) is 70.7 Å². The minimum atomic E-state index is -0.211. The Kier molecular flexibility index (Phi) is 5.41.